The molecule has 1 fully saturated rings. The number of nitrogens with zero attached hydrogens (tertiary/aromatic N) is 1. The van der Waals surface area contributed by atoms with Crippen molar-refractivity contribution in [1.82, 2.24) is 5.32 Å². The van der Waals surface area contributed by atoms with Crippen LogP contribution in [0.4, 0.5) is 20.2 Å². The molecule has 2 aromatic rings. The summed E-state index contributed by atoms with van der Waals surface area (Å²) in [6.07, 6.45) is 0.334. The lowest BCUT2D eigenvalue weighted by molar-refractivity contribution is -0.121. The Labute approximate surface area is 190 Å². The highest BCUT2D eigenvalue weighted by Crippen LogP contribution is 2.46. The van der Waals surface area contributed by atoms with Crippen LogP contribution in [0.15, 0.2) is 42.5 Å². The van der Waals surface area contributed by atoms with Crippen molar-refractivity contribution in [1.29, 1.82) is 0 Å². The maximum atomic E-state index is 13.3. The van der Waals surface area contributed by atoms with Crippen molar-refractivity contribution in [2.75, 3.05) is 16.4 Å². The van der Waals surface area contributed by atoms with Gasteiger partial charge in [0.25, 0.3) is 5.91 Å². The lowest BCUT2D eigenvalue weighted by Crippen LogP contribution is -2.46. The molecule has 0 aromatic heterocycles. The smallest absolute Gasteiger partial charge is 0.387 e. The molecule has 2 heterocycles. The first kappa shape index (κ1) is 23.2. The SMILES string of the molecule is CC1(C)C(=O)N(c2cccc(OC(F)F)c2)c2ccc(C(=O)N[C@@]3(C)CCS(=O)(=O)C3)cc21. The largest absolute Gasteiger partial charge is 0.435 e. The zero-order valence-corrected chi connectivity index (χ0v) is 19.2. The Morgan fingerprint density at radius 2 is 1.88 bits per heavy atom. The van der Waals surface area contributed by atoms with Crippen LogP contribution in [0.25, 0.3) is 0 Å². The number of carbonyl (C=O) groups is 2. The van der Waals surface area contributed by atoms with Gasteiger partial charge in [0.2, 0.25) is 5.91 Å². The lowest BCUT2D eigenvalue weighted by Gasteiger charge is -2.24. The van der Waals surface area contributed by atoms with E-state index in [2.05, 4.69) is 10.1 Å². The van der Waals surface area contributed by atoms with Crippen molar-refractivity contribution >= 4 is 33.0 Å². The minimum Gasteiger partial charge on any atom is -0.435 e. The van der Waals surface area contributed by atoms with Gasteiger partial charge in [-0.2, -0.15) is 8.78 Å². The number of sulfone groups is 1. The zero-order valence-electron chi connectivity index (χ0n) is 18.4. The number of amides is 2. The number of halogens is 2. The van der Waals surface area contributed by atoms with Crippen molar-refractivity contribution in [3.05, 3.63) is 53.6 Å². The zero-order chi connectivity index (χ0) is 24.2. The second-order valence-electron chi connectivity index (χ2n) is 9.23. The third-order valence-electron chi connectivity index (χ3n) is 6.13. The summed E-state index contributed by atoms with van der Waals surface area (Å²) >= 11 is 0. The fraction of sp³-hybridized carbons (Fsp3) is 0.391. The highest BCUT2D eigenvalue weighted by Gasteiger charge is 2.45. The van der Waals surface area contributed by atoms with Gasteiger partial charge in [-0.25, -0.2) is 8.42 Å². The van der Waals surface area contributed by atoms with Crippen LogP contribution in [-0.2, 0) is 20.0 Å². The predicted octanol–water partition coefficient (Wildman–Crippen LogP) is 3.55. The second kappa shape index (κ2) is 7.79. The van der Waals surface area contributed by atoms with Crippen molar-refractivity contribution in [2.45, 2.75) is 44.8 Å². The average Bonchev–Trinajstić information content (AvgIpc) is 3.10. The number of nitrogens with one attached hydrogen (secondary N) is 1. The molecule has 7 nitrogen and oxygen atoms in total. The molecular formula is C23H24F2N2O5S. The predicted molar refractivity (Wildman–Crippen MR) is 119 cm³/mol. The van der Waals surface area contributed by atoms with Gasteiger partial charge in [-0.05, 0) is 63.1 Å². The van der Waals surface area contributed by atoms with Crippen molar-refractivity contribution in [3.63, 3.8) is 0 Å². The molecule has 0 aliphatic carbocycles. The summed E-state index contributed by atoms with van der Waals surface area (Å²) in [5, 5.41) is 2.82. The van der Waals surface area contributed by atoms with E-state index in [1.807, 2.05) is 0 Å². The fourth-order valence-electron chi connectivity index (χ4n) is 4.39. The van der Waals surface area contributed by atoms with E-state index in [1.54, 1.807) is 45.0 Å². The molecular weight excluding hydrogens is 454 g/mol. The quantitative estimate of drug-likeness (QED) is 0.710. The number of hydrogen-bond donors (Lipinski definition) is 1. The molecule has 176 valence electrons. The van der Waals surface area contributed by atoms with E-state index in [9.17, 15) is 26.8 Å². The van der Waals surface area contributed by atoms with Crippen LogP contribution < -0.4 is 15.0 Å². The van der Waals surface area contributed by atoms with Gasteiger partial charge < -0.3 is 10.1 Å². The molecule has 1 atom stereocenters. The molecule has 1 saturated heterocycles. The van der Waals surface area contributed by atoms with Gasteiger partial charge in [0, 0.05) is 11.6 Å². The molecule has 2 aromatic carbocycles. The normalized spacial score (nSPS) is 23.0. The first-order valence-electron chi connectivity index (χ1n) is 10.4. The first-order valence-corrected chi connectivity index (χ1v) is 12.2. The van der Waals surface area contributed by atoms with Gasteiger partial charge >= 0.3 is 6.61 Å². The summed E-state index contributed by atoms with van der Waals surface area (Å²) in [5.41, 5.74) is -0.0268. The number of benzene rings is 2. The molecule has 0 bridgehead atoms. The van der Waals surface area contributed by atoms with Crippen LogP contribution in [0.1, 0.15) is 43.1 Å². The monoisotopic (exact) mass is 478 g/mol. The number of rotatable bonds is 5. The molecule has 0 saturated carbocycles. The Bertz CT molecular complexity index is 1250. The Balaban J connectivity index is 1.66. The third-order valence-corrected chi connectivity index (χ3v) is 8.03. The number of alkyl halides is 2. The summed E-state index contributed by atoms with van der Waals surface area (Å²) in [6.45, 7) is 2.16. The van der Waals surface area contributed by atoms with E-state index >= 15 is 0 Å². The van der Waals surface area contributed by atoms with Crippen LogP contribution >= 0.6 is 0 Å². The highest BCUT2D eigenvalue weighted by atomic mass is 32.2. The molecule has 0 radical (unpaired) electrons. The topological polar surface area (TPSA) is 92.8 Å². The molecule has 2 aliphatic heterocycles. The first-order chi connectivity index (χ1) is 15.3. The molecule has 2 aliphatic rings. The van der Waals surface area contributed by atoms with Crippen LogP contribution in [0.2, 0.25) is 0 Å². The van der Waals surface area contributed by atoms with Gasteiger partial charge in [-0.1, -0.05) is 6.07 Å². The minimum atomic E-state index is -3.19. The van der Waals surface area contributed by atoms with Crippen LogP contribution in [-0.4, -0.2) is 43.9 Å². The van der Waals surface area contributed by atoms with Gasteiger partial charge in [-0.3, -0.25) is 14.5 Å². The molecule has 1 N–H and O–H groups in total. The fourth-order valence-corrected chi connectivity index (χ4v) is 6.48. The standard InChI is InChI=1S/C23H24F2N2O5S/c1-22(2)17-11-14(19(28)26-23(3)9-10-33(30,31)13-23)7-8-18(17)27(20(22)29)15-5-4-6-16(12-15)32-21(24)25/h4-8,11-12,21H,9-10,13H2,1-3H3,(H,26,28)/t23-/m0/s1. The summed E-state index contributed by atoms with van der Waals surface area (Å²) in [7, 11) is -3.19. The van der Waals surface area contributed by atoms with Crippen LogP contribution in [0.3, 0.4) is 0 Å². The van der Waals surface area contributed by atoms with E-state index in [-0.39, 0.29) is 23.2 Å². The van der Waals surface area contributed by atoms with Crippen LogP contribution in [0.5, 0.6) is 5.75 Å². The van der Waals surface area contributed by atoms with Gasteiger partial charge in [-0.15, -0.1) is 0 Å². The lowest BCUT2D eigenvalue weighted by atomic mass is 9.85. The van der Waals surface area contributed by atoms with E-state index in [0.717, 1.165) is 0 Å². The second-order valence-corrected chi connectivity index (χ2v) is 11.4. The number of carbonyl (C=O) groups excluding carboxylic acids is 2. The number of anilines is 2. The third kappa shape index (κ3) is 4.31. The number of fused-ring (bicyclic) bond motifs is 1. The maximum absolute atomic E-state index is 13.3. The van der Waals surface area contributed by atoms with Crippen molar-refractivity contribution in [2.24, 2.45) is 0 Å². The van der Waals surface area contributed by atoms with Gasteiger partial charge in [0.05, 0.1) is 33.8 Å². The number of hydrogen-bond acceptors (Lipinski definition) is 5. The highest BCUT2D eigenvalue weighted by molar-refractivity contribution is 7.91. The minimum absolute atomic E-state index is 0.0266. The van der Waals surface area contributed by atoms with Gasteiger partial charge in [0.15, 0.2) is 9.84 Å². The number of ether oxygens (including phenoxy) is 1. The summed E-state index contributed by atoms with van der Waals surface area (Å²) in [4.78, 5) is 27.6. The Morgan fingerprint density at radius 3 is 2.52 bits per heavy atom. The molecule has 0 unspecified atom stereocenters. The summed E-state index contributed by atoms with van der Waals surface area (Å²) in [6, 6.07) is 10.7. The maximum Gasteiger partial charge on any atom is 0.387 e. The van der Waals surface area contributed by atoms with Crippen LogP contribution in [0, 0.1) is 0 Å². The molecule has 2 amide bonds. The molecule has 10 heteroatoms. The average molecular weight is 479 g/mol. The summed E-state index contributed by atoms with van der Waals surface area (Å²) in [5.74, 6) is -0.869. The van der Waals surface area contributed by atoms with Gasteiger partial charge in [0.1, 0.15) is 5.75 Å². The molecule has 33 heavy (non-hydrogen) atoms. The van der Waals surface area contributed by atoms with Crippen molar-refractivity contribution in [3.8, 4) is 5.75 Å². The molecule has 0 spiro atoms. The Morgan fingerprint density at radius 1 is 1.15 bits per heavy atom. The Hall–Kier alpha value is -3.01. The van der Waals surface area contributed by atoms with E-state index in [4.69, 9.17) is 0 Å². The van der Waals surface area contributed by atoms with E-state index < -0.39 is 33.3 Å². The Kier molecular flexibility index (Phi) is 5.47. The molecule has 4 rings (SSSR count). The van der Waals surface area contributed by atoms with E-state index in [0.29, 0.717) is 28.9 Å². The summed E-state index contributed by atoms with van der Waals surface area (Å²) < 4.78 is 53.4. The van der Waals surface area contributed by atoms with E-state index in [1.165, 1.54) is 23.1 Å². The van der Waals surface area contributed by atoms with Crippen molar-refractivity contribution < 1.29 is 31.5 Å².